The first-order chi connectivity index (χ1) is 6.74. The molecule has 3 nitrogen and oxygen atoms in total. The van der Waals surface area contributed by atoms with Crippen molar-refractivity contribution < 1.29 is 5.11 Å². The van der Waals surface area contributed by atoms with Gasteiger partial charge in [0.25, 0.3) is 0 Å². The van der Waals surface area contributed by atoms with E-state index in [9.17, 15) is 0 Å². The van der Waals surface area contributed by atoms with Crippen LogP contribution < -0.4 is 11.1 Å². The third kappa shape index (κ3) is 3.26. The Kier molecular flexibility index (Phi) is 4.26. The first kappa shape index (κ1) is 10.9. The number of hydrogen-bond acceptors (Lipinski definition) is 3. The summed E-state index contributed by atoms with van der Waals surface area (Å²) >= 11 is 0. The zero-order valence-corrected chi connectivity index (χ0v) is 8.59. The van der Waals surface area contributed by atoms with Gasteiger partial charge in [0, 0.05) is 24.5 Å². The van der Waals surface area contributed by atoms with Crippen LogP contribution in [-0.4, -0.2) is 18.3 Å². The van der Waals surface area contributed by atoms with Gasteiger partial charge in [-0.25, -0.2) is 0 Å². The molecule has 0 bridgehead atoms. The average Bonchev–Trinajstić information content (AvgIpc) is 2.18. The predicted molar refractivity (Wildman–Crippen MR) is 60.4 cm³/mol. The number of nitrogens with two attached hydrogens (primary N) is 1. The molecule has 0 spiro atoms. The quantitative estimate of drug-likeness (QED) is 0.494. The summed E-state index contributed by atoms with van der Waals surface area (Å²) in [5, 5.41) is 11.9. The molecule has 4 N–H and O–H groups in total. The molecule has 0 aromatic heterocycles. The Labute approximate surface area is 84.9 Å². The number of unbranched alkanes of at least 4 members (excludes halogenated alkanes) is 1. The molecular formula is C11H18N2O. The van der Waals surface area contributed by atoms with Crippen molar-refractivity contribution in [2.45, 2.75) is 19.8 Å². The van der Waals surface area contributed by atoms with Gasteiger partial charge in [-0.1, -0.05) is 6.07 Å². The van der Waals surface area contributed by atoms with Crippen LogP contribution in [0.15, 0.2) is 18.2 Å². The topological polar surface area (TPSA) is 58.3 Å². The molecule has 3 heteroatoms. The van der Waals surface area contributed by atoms with Crippen LogP contribution >= 0.6 is 0 Å². The predicted octanol–water partition coefficient (Wildman–Crippen LogP) is 1.76. The highest BCUT2D eigenvalue weighted by molar-refractivity contribution is 5.58. The Bertz CT molecular complexity index is 287. The number of anilines is 2. The molecule has 78 valence electrons. The van der Waals surface area contributed by atoms with Gasteiger partial charge < -0.3 is 16.2 Å². The third-order valence-corrected chi connectivity index (χ3v) is 2.19. The molecule has 0 aliphatic carbocycles. The smallest absolute Gasteiger partial charge is 0.0431 e. The molecule has 1 aromatic carbocycles. The minimum absolute atomic E-state index is 0.262. The maximum Gasteiger partial charge on any atom is 0.0431 e. The van der Waals surface area contributed by atoms with Gasteiger partial charge in [-0.05, 0) is 37.5 Å². The number of hydrogen-bond donors (Lipinski definition) is 3. The molecule has 0 heterocycles. The molecule has 0 saturated carbocycles. The Morgan fingerprint density at radius 3 is 2.79 bits per heavy atom. The normalized spacial score (nSPS) is 10.1. The number of aliphatic hydroxyl groups is 1. The van der Waals surface area contributed by atoms with Crippen molar-refractivity contribution in [1.29, 1.82) is 0 Å². The van der Waals surface area contributed by atoms with Crippen molar-refractivity contribution in [2.24, 2.45) is 0 Å². The fraction of sp³-hybridized carbons (Fsp3) is 0.455. The van der Waals surface area contributed by atoms with Crippen molar-refractivity contribution in [2.75, 3.05) is 24.2 Å². The molecule has 0 aliphatic heterocycles. The van der Waals surface area contributed by atoms with Gasteiger partial charge in [0.2, 0.25) is 0 Å². The lowest BCUT2D eigenvalue weighted by atomic mass is 10.2. The van der Waals surface area contributed by atoms with Gasteiger partial charge in [-0.3, -0.25) is 0 Å². The largest absolute Gasteiger partial charge is 0.398 e. The number of rotatable bonds is 5. The van der Waals surface area contributed by atoms with Gasteiger partial charge >= 0.3 is 0 Å². The summed E-state index contributed by atoms with van der Waals surface area (Å²) in [4.78, 5) is 0. The highest BCUT2D eigenvalue weighted by Crippen LogP contribution is 2.16. The van der Waals surface area contributed by atoms with E-state index in [0.717, 1.165) is 36.3 Å². The average molecular weight is 194 g/mol. The molecule has 0 saturated heterocycles. The van der Waals surface area contributed by atoms with E-state index in [0.29, 0.717) is 0 Å². The van der Waals surface area contributed by atoms with Crippen molar-refractivity contribution in [1.82, 2.24) is 0 Å². The molecule has 1 rings (SSSR count). The van der Waals surface area contributed by atoms with Crippen LogP contribution in [0.5, 0.6) is 0 Å². The summed E-state index contributed by atoms with van der Waals surface area (Å²) in [6.07, 6.45) is 1.82. The number of aliphatic hydroxyl groups excluding tert-OH is 1. The van der Waals surface area contributed by atoms with Crippen LogP contribution in [0.25, 0.3) is 0 Å². The minimum atomic E-state index is 0.262. The highest BCUT2D eigenvalue weighted by Gasteiger charge is 1.95. The van der Waals surface area contributed by atoms with E-state index in [-0.39, 0.29) is 6.61 Å². The van der Waals surface area contributed by atoms with Crippen LogP contribution in [0.4, 0.5) is 11.4 Å². The standard InChI is InChI=1S/C11H18N2O/c1-9-4-5-10(8-11(9)12)13-6-2-3-7-14/h4-5,8,13-14H,2-3,6-7,12H2,1H3. The minimum Gasteiger partial charge on any atom is -0.398 e. The summed E-state index contributed by atoms with van der Waals surface area (Å²) in [7, 11) is 0. The van der Waals surface area contributed by atoms with Gasteiger partial charge in [-0.2, -0.15) is 0 Å². The van der Waals surface area contributed by atoms with E-state index in [1.807, 2.05) is 25.1 Å². The summed E-state index contributed by atoms with van der Waals surface area (Å²) in [6.45, 7) is 3.13. The zero-order valence-electron chi connectivity index (χ0n) is 8.59. The van der Waals surface area contributed by atoms with Crippen LogP contribution in [-0.2, 0) is 0 Å². The first-order valence-corrected chi connectivity index (χ1v) is 4.95. The Hall–Kier alpha value is -1.22. The van der Waals surface area contributed by atoms with Crippen molar-refractivity contribution in [3.63, 3.8) is 0 Å². The molecule has 0 atom stereocenters. The van der Waals surface area contributed by atoms with E-state index >= 15 is 0 Å². The van der Waals surface area contributed by atoms with Crippen LogP contribution in [0.2, 0.25) is 0 Å². The second-order valence-electron chi connectivity index (χ2n) is 3.43. The first-order valence-electron chi connectivity index (χ1n) is 4.95. The molecule has 1 aromatic rings. The summed E-state index contributed by atoms with van der Waals surface area (Å²) in [6, 6.07) is 5.96. The van der Waals surface area contributed by atoms with Gasteiger partial charge in [0.1, 0.15) is 0 Å². The summed E-state index contributed by atoms with van der Waals surface area (Å²) in [5.41, 5.74) is 8.74. The third-order valence-electron chi connectivity index (χ3n) is 2.19. The van der Waals surface area contributed by atoms with Gasteiger partial charge in [0.05, 0.1) is 0 Å². The summed E-state index contributed by atoms with van der Waals surface area (Å²) < 4.78 is 0. The second kappa shape index (κ2) is 5.50. The van der Waals surface area contributed by atoms with E-state index in [4.69, 9.17) is 10.8 Å². The maximum absolute atomic E-state index is 8.60. The molecular weight excluding hydrogens is 176 g/mol. The lowest BCUT2D eigenvalue weighted by Crippen LogP contribution is -2.03. The van der Waals surface area contributed by atoms with Crippen LogP contribution in [0.3, 0.4) is 0 Å². The van der Waals surface area contributed by atoms with E-state index in [1.165, 1.54) is 0 Å². The van der Waals surface area contributed by atoms with Crippen LogP contribution in [0, 0.1) is 6.92 Å². The number of nitrogens with one attached hydrogen (secondary N) is 1. The molecule has 0 aliphatic rings. The summed E-state index contributed by atoms with van der Waals surface area (Å²) in [5.74, 6) is 0. The van der Waals surface area contributed by atoms with Crippen LogP contribution in [0.1, 0.15) is 18.4 Å². The van der Waals surface area contributed by atoms with E-state index in [1.54, 1.807) is 0 Å². The Balaban J connectivity index is 2.39. The monoisotopic (exact) mass is 194 g/mol. The molecule has 14 heavy (non-hydrogen) atoms. The highest BCUT2D eigenvalue weighted by atomic mass is 16.2. The molecule has 0 amide bonds. The fourth-order valence-corrected chi connectivity index (χ4v) is 1.22. The van der Waals surface area contributed by atoms with Crippen molar-refractivity contribution in [3.05, 3.63) is 23.8 Å². The number of benzene rings is 1. The van der Waals surface area contributed by atoms with Gasteiger partial charge in [-0.15, -0.1) is 0 Å². The SMILES string of the molecule is Cc1ccc(NCCCCO)cc1N. The maximum atomic E-state index is 8.60. The second-order valence-corrected chi connectivity index (χ2v) is 3.43. The van der Waals surface area contributed by atoms with Crippen molar-refractivity contribution >= 4 is 11.4 Å². The lowest BCUT2D eigenvalue weighted by molar-refractivity contribution is 0.286. The molecule has 0 unspecified atom stereocenters. The number of aryl methyl sites for hydroxylation is 1. The molecule has 0 radical (unpaired) electrons. The molecule has 0 fully saturated rings. The van der Waals surface area contributed by atoms with Gasteiger partial charge in [0.15, 0.2) is 0 Å². The Morgan fingerprint density at radius 2 is 2.14 bits per heavy atom. The lowest BCUT2D eigenvalue weighted by Gasteiger charge is -2.07. The van der Waals surface area contributed by atoms with E-state index < -0.39 is 0 Å². The Morgan fingerprint density at radius 1 is 1.36 bits per heavy atom. The zero-order chi connectivity index (χ0) is 10.4. The van der Waals surface area contributed by atoms with Crippen molar-refractivity contribution in [3.8, 4) is 0 Å². The number of nitrogen functional groups attached to an aromatic ring is 1. The van der Waals surface area contributed by atoms with E-state index in [2.05, 4.69) is 5.32 Å². The fourth-order valence-electron chi connectivity index (χ4n) is 1.22.